The molecule has 0 bridgehead atoms. The predicted molar refractivity (Wildman–Crippen MR) is 144 cm³/mol. The Balaban J connectivity index is 3.83. The lowest BCUT2D eigenvalue weighted by atomic mass is 10.5. The van der Waals surface area contributed by atoms with Gasteiger partial charge in [-0.2, -0.15) is 0 Å². The van der Waals surface area contributed by atoms with Crippen molar-refractivity contribution in [2.45, 2.75) is 137 Å². The van der Waals surface area contributed by atoms with Gasteiger partial charge in [0.1, 0.15) is 0 Å². The Hall–Kier alpha value is 0.531. The van der Waals surface area contributed by atoms with Gasteiger partial charge in [0.05, 0.1) is 0 Å². The summed E-state index contributed by atoms with van der Waals surface area (Å²) in [4.78, 5) is 0. The topological polar surface area (TPSA) is 9.72 Å². The molecule has 0 N–H and O–H groups in total. The molecular weight excluding hydrogens is 415 g/mol. The van der Waals surface area contributed by atoms with Crippen molar-refractivity contribution in [3.63, 3.8) is 0 Å². The van der Waals surface area contributed by atoms with Crippen LogP contribution in [0.2, 0.25) is 30.2 Å². The molecule has 0 aliphatic carbocycles. The molecule has 1 saturated heterocycles. The van der Waals surface area contributed by atoms with E-state index in [0.29, 0.717) is 0 Å². The van der Waals surface area contributed by atoms with Gasteiger partial charge < -0.3 is 12.7 Å². The van der Waals surface area contributed by atoms with Crippen molar-refractivity contribution in [2.75, 3.05) is 19.6 Å². The molecule has 179 valence electrons. The van der Waals surface area contributed by atoms with Gasteiger partial charge in [-0.15, -0.1) is 0 Å². The molecule has 0 atom stereocenters. The van der Waals surface area contributed by atoms with Crippen molar-refractivity contribution in [3.8, 4) is 0 Å². The molecule has 0 aromatic carbocycles. The first-order valence-electron chi connectivity index (χ1n) is 13.7. The number of hydrogen-bond donors (Lipinski definition) is 0. The summed E-state index contributed by atoms with van der Waals surface area (Å²) in [5.41, 5.74) is 0. The fraction of sp³-hybridized carbons (Fsp3) is 1.00. The average molecular weight is 471 g/mol. The van der Waals surface area contributed by atoms with Gasteiger partial charge in [-0.25, -0.2) is 0 Å². The van der Waals surface area contributed by atoms with E-state index >= 15 is 0 Å². The van der Waals surface area contributed by atoms with Crippen molar-refractivity contribution < 1.29 is 0 Å². The van der Waals surface area contributed by atoms with E-state index in [1.807, 2.05) is 0 Å². The zero-order valence-corrected chi connectivity index (χ0v) is 25.2. The molecule has 30 heavy (non-hydrogen) atoms. The van der Waals surface area contributed by atoms with Crippen LogP contribution >= 0.6 is 0 Å². The first-order valence-corrected chi connectivity index (χ1v) is 19.9. The molecular formula is C24H56N3Si3. The number of rotatable bonds is 16. The van der Waals surface area contributed by atoms with Gasteiger partial charge in [0.25, 0.3) is 0 Å². The van der Waals surface area contributed by atoms with Crippen LogP contribution in [0.15, 0.2) is 0 Å². The maximum atomic E-state index is 3.38. The first kappa shape index (κ1) is 28.6. The highest BCUT2D eigenvalue weighted by Crippen LogP contribution is 2.45. The van der Waals surface area contributed by atoms with Crippen molar-refractivity contribution in [1.82, 2.24) is 12.7 Å². The van der Waals surface area contributed by atoms with Gasteiger partial charge in [-0.05, 0) is 69.1 Å². The second kappa shape index (κ2) is 14.6. The molecule has 0 saturated carbocycles. The lowest BCUT2D eigenvalue weighted by molar-refractivity contribution is 0.370. The van der Waals surface area contributed by atoms with Crippen LogP contribution < -0.4 is 0 Å². The largest absolute Gasteiger partial charge is 0.322 e. The van der Waals surface area contributed by atoms with E-state index in [2.05, 4.69) is 68.1 Å². The van der Waals surface area contributed by atoms with Gasteiger partial charge in [-0.3, -0.25) is 0 Å². The maximum absolute atomic E-state index is 3.38. The van der Waals surface area contributed by atoms with Crippen LogP contribution in [0.4, 0.5) is 0 Å². The van der Waals surface area contributed by atoms with Crippen LogP contribution in [0, 0.1) is 0 Å². The summed E-state index contributed by atoms with van der Waals surface area (Å²) < 4.78 is 9.96. The molecule has 0 unspecified atom stereocenters. The lowest BCUT2D eigenvalue weighted by Crippen LogP contribution is -2.88. The third kappa shape index (κ3) is 5.90. The number of hydrogen-bond acceptors (Lipinski definition) is 3. The minimum Gasteiger partial charge on any atom is -0.322 e. The van der Waals surface area contributed by atoms with E-state index < -0.39 is 25.9 Å². The minimum atomic E-state index is -1.63. The summed E-state index contributed by atoms with van der Waals surface area (Å²) in [5, 5.41) is 0. The molecule has 0 amide bonds. The molecule has 1 radical (unpaired) electrons. The minimum absolute atomic E-state index is 0.602. The predicted octanol–water partition coefficient (Wildman–Crippen LogP) is 7.56. The second-order valence-electron chi connectivity index (χ2n) is 9.59. The quantitative estimate of drug-likeness (QED) is 0.215. The van der Waals surface area contributed by atoms with Crippen LogP contribution in [0.3, 0.4) is 0 Å². The molecule has 0 aromatic rings. The summed E-state index contributed by atoms with van der Waals surface area (Å²) in [6, 6.07) is 7.54. The van der Waals surface area contributed by atoms with Crippen LogP contribution in [0.25, 0.3) is 0 Å². The first-order chi connectivity index (χ1) is 14.5. The van der Waals surface area contributed by atoms with E-state index in [-0.39, 0.29) is 0 Å². The Morgan fingerprint density at radius 3 is 1.10 bits per heavy atom. The Labute approximate surface area is 195 Å². The van der Waals surface area contributed by atoms with Gasteiger partial charge in [-0.1, -0.05) is 87.5 Å². The summed E-state index contributed by atoms with van der Waals surface area (Å²) in [5.74, 6) is 0. The SMILES string of the molecule is CCCN1[Si](CCC)N(CCC)[Si](CCC)(CCC)N(CCC)[Si]1(CCC)CCC. The Morgan fingerprint density at radius 1 is 0.467 bits per heavy atom. The summed E-state index contributed by atoms with van der Waals surface area (Å²) in [6.07, 6.45) is 10.9. The fourth-order valence-corrected chi connectivity index (χ4v) is 31.1. The van der Waals surface area contributed by atoms with Gasteiger partial charge in [0, 0.05) is 0 Å². The van der Waals surface area contributed by atoms with Crippen LogP contribution in [-0.4, -0.2) is 58.2 Å². The van der Waals surface area contributed by atoms with E-state index in [1.54, 1.807) is 0 Å². The van der Waals surface area contributed by atoms with Crippen LogP contribution in [0.5, 0.6) is 0 Å². The van der Waals surface area contributed by atoms with E-state index in [1.165, 1.54) is 101 Å². The Kier molecular flexibility index (Phi) is 13.9. The van der Waals surface area contributed by atoms with Crippen molar-refractivity contribution in [3.05, 3.63) is 0 Å². The van der Waals surface area contributed by atoms with E-state index in [4.69, 9.17) is 0 Å². The maximum Gasteiger partial charge on any atom is 0.217 e. The molecule has 0 spiro atoms. The van der Waals surface area contributed by atoms with Crippen molar-refractivity contribution in [1.29, 1.82) is 0 Å². The normalized spacial score (nSPS) is 20.8. The van der Waals surface area contributed by atoms with Gasteiger partial charge in [0.15, 0.2) is 16.8 Å². The molecule has 1 aliphatic rings. The standard InChI is InChI=1S/C24H56N3Si3/c1-9-17-25-28(20-12-4)26(18-10-2)30(23-15-7,24-16-8)27(19-11-3)29(25,21-13-5)22-14-6/h9-24H2,1-8H3. The molecule has 1 fully saturated rings. The monoisotopic (exact) mass is 470 g/mol. The smallest absolute Gasteiger partial charge is 0.217 e. The van der Waals surface area contributed by atoms with Crippen LogP contribution in [0.1, 0.15) is 107 Å². The molecule has 6 heteroatoms. The zero-order chi connectivity index (χ0) is 22.6. The van der Waals surface area contributed by atoms with E-state index in [0.717, 1.165) is 0 Å². The average Bonchev–Trinajstić information content (AvgIpc) is 2.72. The molecule has 0 aromatic heterocycles. The van der Waals surface area contributed by atoms with Crippen molar-refractivity contribution >= 4 is 25.9 Å². The molecule has 3 nitrogen and oxygen atoms in total. The van der Waals surface area contributed by atoms with E-state index in [9.17, 15) is 0 Å². The third-order valence-corrected chi connectivity index (χ3v) is 26.4. The second-order valence-corrected chi connectivity index (χ2v) is 21.4. The van der Waals surface area contributed by atoms with Crippen LogP contribution in [-0.2, 0) is 0 Å². The zero-order valence-electron chi connectivity index (χ0n) is 22.2. The summed E-state index contributed by atoms with van der Waals surface area (Å²) >= 11 is 0. The summed E-state index contributed by atoms with van der Waals surface area (Å²) in [6.45, 7) is 23.8. The third-order valence-electron chi connectivity index (χ3n) is 7.05. The Bertz CT molecular complexity index is 403. The fourth-order valence-electron chi connectivity index (χ4n) is 6.49. The van der Waals surface area contributed by atoms with Gasteiger partial charge in [0.2, 0.25) is 9.12 Å². The van der Waals surface area contributed by atoms with Crippen molar-refractivity contribution in [2.24, 2.45) is 0 Å². The number of nitrogens with zero attached hydrogens (tertiary/aromatic N) is 3. The molecule has 1 rings (SSSR count). The highest BCUT2D eigenvalue weighted by molar-refractivity contribution is 7.00. The van der Waals surface area contributed by atoms with Gasteiger partial charge >= 0.3 is 0 Å². The molecule has 1 heterocycles. The highest BCUT2D eigenvalue weighted by Gasteiger charge is 2.62. The Morgan fingerprint density at radius 2 is 0.833 bits per heavy atom. The summed E-state index contributed by atoms with van der Waals surface area (Å²) in [7, 11) is -3.87. The highest BCUT2D eigenvalue weighted by atomic mass is 28.5. The molecule has 1 aliphatic heterocycles. The lowest BCUT2D eigenvalue weighted by Gasteiger charge is -2.68.